The Hall–Kier alpha value is -5.75. The van der Waals surface area contributed by atoms with Gasteiger partial charge >= 0.3 is 6.01 Å². The van der Waals surface area contributed by atoms with Crippen LogP contribution in [0.1, 0.15) is 0 Å². The first-order valence-electron chi connectivity index (χ1n) is 16.0. The van der Waals surface area contributed by atoms with E-state index in [1.54, 1.807) is 0 Å². The first-order valence-corrected chi connectivity index (χ1v) is 17.7. The molecule has 48 heavy (non-hydrogen) atoms. The minimum Gasteiger partial charge on any atom is -0.422 e. The molecule has 0 aliphatic heterocycles. The number of hydrogen-bond acceptors (Lipinski definition) is 4. The van der Waals surface area contributed by atoms with Crippen LogP contribution in [0.2, 0.25) is 0 Å². The number of thiophene rings is 2. The van der Waals surface area contributed by atoms with Gasteiger partial charge in [-0.3, -0.25) is 4.57 Å². The normalized spacial score (nSPS) is 12.2. The van der Waals surface area contributed by atoms with E-state index in [1.165, 1.54) is 56.9 Å². The van der Waals surface area contributed by atoms with Crippen LogP contribution in [0.25, 0.3) is 102 Å². The highest BCUT2D eigenvalue weighted by molar-refractivity contribution is 7.27. The molecule has 11 rings (SSSR count). The molecule has 0 unspecified atom stereocenters. The molecule has 0 N–H and O–H groups in total. The van der Waals surface area contributed by atoms with Gasteiger partial charge in [-0.05, 0) is 47.0 Å². The highest BCUT2D eigenvalue weighted by atomic mass is 32.1. The number of oxazole rings is 1. The second-order valence-electron chi connectivity index (χ2n) is 12.3. The quantitative estimate of drug-likeness (QED) is 0.191. The maximum Gasteiger partial charge on any atom is 0.307 e. The molecule has 11 aromatic rings. The Bertz CT molecular complexity index is 3050. The largest absolute Gasteiger partial charge is 0.422 e. The number of rotatable bonds is 3. The van der Waals surface area contributed by atoms with Crippen molar-refractivity contribution in [1.29, 1.82) is 0 Å². The van der Waals surface area contributed by atoms with Crippen LogP contribution in [0, 0.1) is 0 Å². The fraction of sp³-hybridized carbons (Fsp3) is 0. The van der Waals surface area contributed by atoms with Gasteiger partial charge in [0.1, 0.15) is 5.52 Å². The van der Waals surface area contributed by atoms with Crippen molar-refractivity contribution in [3.8, 4) is 28.3 Å². The van der Waals surface area contributed by atoms with Crippen molar-refractivity contribution in [2.24, 2.45) is 0 Å². The number of aromatic nitrogens is 2. The Morgan fingerprint density at radius 2 is 1.15 bits per heavy atom. The molecule has 4 heterocycles. The fourth-order valence-electron chi connectivity index (χ4n) is 7.49. The minimum atomic E-state index is 0.585. The van der Waals surface area contributed by atoms with Crippen LogP contribution in [0.4, 0.5) is 0 Å². The lowest BCUT2D eigenvalue weighted by atomic mass is 9.98. The van der Waals surface area contributed by atoms with E-state index in [0.29, 0.717) is 6.01 Å². The third kappa shape index (κ3) is 3.66. The summed E-state index contributed by atoms with van der Waals surface area (Å²) in [6, 6.07) is 52.7. The van der Waals surface area contributed by atoms with Gasteiger partial charge in [0, 0.05) is 56.7 Å². The maximum absolute atomic E-state index is 7.00. The summed E-state index contributed by atoms with van der Waals surface area (Å²) in [5.74, 6) is 0. The van der Waals surface area contributed by atoms with E-state index < -0.39 is 0 Å². The molecule has 0 saturated heterocycles. The molecule has 5 heteroatoms. The van der Waals surface area contributed by atoms with Gasteiger partial charge in [0.2, 0.25) is 0 Å². The van der Waals surface area contributed by atoms with E-state index in [-0.39, 0.29) is 0 Å². The molecule has 0 saturated carbocycles. The summed E-state index contributed by atoms with van der Waals surface area (Å²) in [6.07, 6.45) is 0. The van der Waals surface area contributed by atoms with Crippen LogP contribution in [-0.2, 0) is 0 Å². The lowest BCUT2D eigenvalue weighted by Gasteiger charge is -2.06. The summed E-state index contributed by atoms with van der Waals surface area (Å²) < 4.78 is 14.3. The lowest BCUT2D eigenvalue weighted by Crippen LogP contribution is -1.93. The monoisotopic (exact) mass is 648 g/mol. The number of nitrogens with zero attached hydrogens (tertiary/aromatic N) is 2. The number of benzene rings is 7. The highest BCUT2D eigenvalue weighted by Gasteiger charge is 2.23. The zero-order valence-corrected chi connectivity index (χ0v) is 27.1. The van der Waals surface area contributed by atoms with Crippen LogP contribution >= 0.6 is 22.7 Å². The summed E-state index contributed by atoms with van der Waals surface area (Å²) in [5, 5.41) is 7.36. The van der Waals surface area contributed by atoms with Gasteiger partial charge in [0.05, 0.1) is 11.0 Å². The van der Waals surface area contributed by atoms with Crippen LogP contribution in [0.15, 0.2) is 150 Å². The van der Waals surface area contributed by atoms with Gasteiger partial charge in [-0.25, -0.2) is 0 Å². The zero-order chi connectivity index (χ0) is 31.3. The summed E-state index contributed by atoms with van der Waals surface area (Å²) in [5.41, 5.74) is 8.48. The second-order valence-corrected chi connectivity index (χ2v) is 14.4. The molecule has 0 radical (unpaired) electrons. The zero-order valence-electron chi connectivity index (χ0n) is 25.5. The molecule has 0 spiro atoms. The predicted octanol–water partition coefficient (Wildman–Crippen LogP) is 13.0. The predicted molar refractivity (Wildman–Crippen MR) is 205 cm³/mol. The molecule has 224 valence electrons. The van der Waals surface area contributed by atoms with Gasteiger partial charge in [0.25, 0.3) is 0 Å². The Morgan fingerprint density at radius 3 is 1.98 bits per heavy atom. The first kappa shape index (κ1) is 26.3. The van der Waals surface area contributed by atoms with Crippen molar-refractivity contribution in [3.05, 3.63) is 146 Å². The Kier molecular flexibility index (Phi) is 5.42. The van der Waals surface area contributed by atoms with E-state index in [9.17, 15) is 0 Å². The topological polar surface area (TPSA) is 31.0 Å². The molecule has 0 amide bonds. The third-order valence-corrected chi connectivity index (χ3v) is 12.0. The molecule has 0 bridgehead atoms. The second kappa shape index (κ2) is 9.88. The van der Waals surface area contributed by atoms with Crippen LogP contribution < -0.4 is 0 Å². The third-order valence-electron chi connectivity index (χ3n) is 9.67. The highest BCUT2D eigenvalue weighted by Crippen LogP contribution is 2.46. The molecule has 0 aliphatic carbocycles. The minimum absolute atomic E-state index is 0.585. The Labute approximate surface area is 282 Å². The van der Waals surface area contributed by atoms with Crippen molar-refractivity contribution in [1.82, 2.24) is 9.55 Å². The van der Waals surface area contributed by atoms with Crippen molar-refractivity contribution in [2.45, 2.75) is 0 Å². The molecular weight excluding hydrogens is 625 g/mol. The van der Waals surface area contributed by atoms with Gasteiger partial charge in [-0.2, -0.15) is 4.98 Å². The summed E-state index contributed by atoms with van der Waals surface area (Å²) >= 11 is 3.67. The van der Waals surface area contributed by atoms with E-state index in [4.69, 9.17) is 9.40 Å². The molecule has 4 aromatic heterocycles. The van der Waals surface area contributed by atoms with E-state index >= 15 is 0 Å². The average molecular weight is 649 g/mol. The van der Waals surface area contributed by atoms with Crippen molar-refractivity contribution in [3.63, 3.8) is 0 Å². The van der Waals surface area contributed by atoms with E-state index in [2.05, 4.69) is 150 Å². The first-order chi connectivity index (χ1) is 23.8. The number of para-hydroxylation sites is 1. The van der Waals surface area contributed by atoms with E-state index in [1.807, 2.05) is 22.7 Å². The Morgan fingerprint density at radius 1 is 0.479 bits per heavy atom. The molecular formula is C43H24N2OS2. The van der Waals surface area contributed by atoms with Crippen molar-refractivity contribution in [2.75, 3.05) is 0 Å². The Balaban J connectivity index is 1.22. The SMILES string of the molecule is c1ccc(-c2ccc(-c3cc4sc5ccccc5c4c4oc(-n5c6ccccc6c6c7sc8ccccc8c7ccc65)nc34)cc2)cc1. The van der Waals surface area contributed by atoms with Gasteiger partial charge in [-0.15, -0.1) is 22.7 Å². The van der Waals surface area contributed by atoms with Gasteiger partial charge in [-0.1, -0.05) is 115 Å². The van der Waals surface area contributed by atoms with Gasteiger partial charge < -0.3 is 4.42 Å². The molecule has 0 aliphatic rings. The summed E-state index contributed by atoms with van der Waals surface area (Å²) in [4.78, 5) is 5.38. The molecule has 0 atom stereocenters. The summed E-state index contributed by atoms with van der Waals surface area (Å²) in [6.45, 7) is 0. The van der Waals surface area contributed by atoms with E-state index in [0.717, 1.165) is 38.6 Å². The van der Waals surface area contributed by atoms with Crippen LogP contribution in [0.3, 0.4) is 0 Å². The maximum atomic E-state index is 7.00. The molecule has 0 fully saturated rings. The van der Waals surface area contributed by atoms with Crippen LogP contribution in [0.5, 0.6) is 0 Å². The number of hydrogen-bond donors (Lipinski definition) is 0. The smallest absolute Gasteiger partial charge is 0.307 e. The average Bonchev–Trinajstić information content (AvgIpc) is 3.91. The van der Waals surface area contributed by atoms with Crippen molar-refractivity contribution >= 4 is 95.9 Å². The van der Waals surface area contributed by atoms with Crippen LogP contribution in [-0.4, -0.2) is 9.55 Å². The number of fused-ring (bicyclic) bond motifs is 12. The fourth-order valence-corrected chi connectivity index (χ4v) is 9.89. The molecule has 3 nitrogen and oxygen atoms in total. The summed E-state index contributed by atoms with van der Waals surface area (Å²) in [7, 11) is 0. The van der Waals surface area contributed by atoms with Gasteiger partial charge in [0.15, 0.2) is 5.58 Å². The van der Waals surface area contributed by atoms with Crippen molar-refractivity contribution < 1.29 is 4.42 Å². The lowest BCUT2D eigenvalue weighted by molar-refractivity contribution is 0.577. The molecule has 7 aromatic carbocycles. The standard InChI is InChI=1S/C43H24N2OS2/c1-2-10-25(11-3-1)26-18-20-27(21-19-26)32-24-37-39(31-14-6-9-17-36(31)47-37)41-40(32)44-43(46-41)45-33-15-7-4-13-30(33)38-34(45)23-22-29-28-12-5-8-16-35(28)48-42(29)38/h1-24H.